The van der Waals surface area contributed by atoms with Crippen LogP contribution >= 0.6 is 12.2 Å². The van der Waals surface area contributed by atoms with Gasteiger partial charge in [0.25, 0.3) is 0 Å². The summed E-state index contributed by atoms with van der Waals surface area (Å²) >= 11 is 5.81. The van der Waals surface area contributed by atoms with Crippen molar-refractivity contribution in [1.29, 1.82) is 0 Å². The maximum absolute atomic E-state index is 11.6. The van der Waals surface area contributed by atoms with E-state index < -0.39 is 5.97 Å². The topological polar surface area (TPSA) is 79.6 Å². The van der Waals surface area contributed by atoms with Gasteiger partial charge in [0.1, 0.15) is 0 Å². The van der Waals surface area contributed by atoms with E-state index in [0.717, 1.165) is 54.3 Å². The fourth-order valence-electron chi connectivity index (χ4n) is 5.21. The predicted molar refractivity (Wildman–Crippen MR) is 133 cm³/mol. The van der Waals surface area contributed by atoms with Crippen molar-refractivity contribution in [3.05, 3.63) is 82.9 Å². The molecular formula is C26H28N4O3S. The van der Waals surface area contributed by atoms with Crippen LogP contribution < -0.4 is 5.32 Å². The van der Waals surface area contributed by atoms with Crippen LogP contribution in [0.2, 0.25) is 0 Å². The lowest BCUT2D eigenvalue weighted by Crippen LogP contribution is -2.36. The van der Waals surface area contributed by atoms with Gasteiger partial charge in [0.15, 0.2) is 5.11 Å². The van der Waals surface area contributed by atoms with Gasteiger partial charge in [0.05, 0.1) is 29.4 Å². The molecule has 2 fully saturated rings. The standard InChI is InChI=1S/C26H28N4O3S/c1-16-13-21(17(2)30(16)19-8-5-7-18(14-19)25(31)32)24-23(22-10-3-4-11-27-22)28-26(34)29(24)15-20-9-6-12-33-20/h3-5,7-8,10-11,13-14,20,23-24H,6,9,12,15H2,1-2H3,(H,28,34)(H,31,32)/t20-,23+,24+/m0/s1. The van der Waals surface area contributed by atoms with Crippen molar-refractivity contribution in [3.63, 3.8) is 0 Å². The third kappa shape index (κ3) is 4.08. The first-order valence-corrected chi connectivity index (χ1v) is 12.0. The van der Waals surface area contributed by atoms with Crippen LogP contribution in [0, 0.1) is 13.8 Å². The number of hydrogen-bond donors (Lipinski definition) is 2. The summed E-state index contributed by atoms with van der Waals surface area (Å²) in [5.74, 6) is -0.937. The van der Waals surface area contributed by atoms with Gasteiger partial charge in [-0.15, -0.1) is 0 Å². The van der Waals surface area contributed by atoms with Crippen molar-refractivity contribution in [3.8, 4) is 5.69 Å². The number of aryl methyl sites for hydroxylation is 1. The van der Waals surface area contributed by atoms with Crippen LogP contribution in [0.25, 0.3) is 5.69 Å². The highest BCUT2D eigenvalue weighted by Gasteiger charge is 2.42. The molecule has 2 aliphatic rings. The van der Waals surface area contributed by atoms with Gasteiger partial charge >= 0.3 is 5.97 Å². The van der Waals surface area contributed by atoms with Crippen LogP contribution in [0.1, 0.15) is 57.9 Å². The average molecular weight is 477 g/mol. The zero-order valence-electron chi connectivity index (χ0n) is 19.3. The Balaban J connectivity index is 1.59. The van der Waals surface area contributed by atoms with Crippen LogP contribution in [-0.2, 0) is 4.74 Å². The van der Waals surface area contributed by atoms with E-state index in [2.05, 4.69) is 32.8 Å². The molecule has 0 unspecified atom stereocenters. The minimum absolute atomic E-state index is 0.0609. The lowest BCUT2D eigenvalue weighted by molar-refractivity contribution is 0.0696. The van der Waals surface area contributed by atoms with Crippen LogP contribution in [-0.4, -0.2) is 49.9 Å². The highest BCUT2D eigenvalue weighted by Crippen LogP contribution is 2.42. The van der Waals surface area contributed by atoms with Crippen molar-refractivity contribution >= 4 is 23.3 Å². The Labute approximate surface area is 204 Å². The molecule has 34 heavy (non-hydrogen) atoms. The molecule has 0 saturated carbocycles. The Bertz CT molecular complexity index is 1220. The largest absolute Gasteiger partial charge is 0.478 e. The SMILES string of the molecule is Cc1cc([C@@H]2[C@@H](c3ccccn3)NC(=S)N2C[C@@H]2CCCO2)c(C)n1-c1cccc(C(=O)O)c1. The number of benzene rings is 1. The molecule has 3 atom stereocenters. The normalized spacial score (nSPS) is 22.2. The summed E-state index contributed by atoms with van der Waals surface area (Å²) in [6.45, 7) is 5.64. The average Bonchev–Trinajstić information content (AvgIpc) is 3.53. The van der Waals surface area contributed by atoms with E-state index in [1.165, 1.54) is 0 Å². The van der Waals surface area contributed by atoms with E-state index in [9.17, 15) is 9.90 Å². The number of ether oxygens (including phenoxy) is 1. The molecule has 2 aromatic heterocycles. The third-order valence-corrected chi connectivity index (χ3v) is 7.11. The summed E-state index contributed by atoms with van der Waals surface area (Å²) in [6.07, 6.45) is 4.06. The number of aromatic carboxylic acids is 1. The summed E-state index contributed by atoms with van der Waals surface area (Å²) in [5, 5.41) is 13.7. The number of nitrogens with one attached hydrogen (secondary N) is 1. The summed E-state index contributed by atoms with van der Waals surface area (Å²) < 4.78 is 8.06. The summed E-state index contributed by atoms with van der Waals surface area (Å²) in [7, 11) is 0. The zero-order valence-corrected chi connectivity index (χ0v) is 20.1. The molecule has 176 valence electrons. The molecule has 0 amide bonds. The molecule has 2 saturated heterocycles. The zero-order chi connectivity index (χ0) is 23.8. The summed E-state index contributed by atoms with van der Waals surface area (Å²) in [5.41, 5.74) is 5.25. The molecule has 2 aliphatic heterocycles. The maximum Gasteiger partial charge on any atom is 0.335 e. The van der Waals surface area contributed by atoms with Crippen molar-refractivity contribution < 1.29 is 14.6 Å². The van der Waals surface area contributed by atoms with Gasteiger partial charge in [-0.3, -0.25) is 4.98 Å². The second-order valence-electron chi connectivity index (χ2n) is 8.93. The quantitative estimate of drug-likeness (QED) is 0.513. The van der Waals surface area contributed by atoms with Gasteiger partial charge in [0, 0.05) is 36.4 Å². The lowest BCUT2D eigenvalue weighted by Gasteiger charge is -2.30. The van der Waals surface area contributed by atoms with Gasteiger partial charge in [-0.2, -0.15) is 0 Å². The fourth-order valence-corrected chi connectivity index (χ4v) is 5.53. The van der Waals surface area contributed by atoms with Gasteiger partial charge < -0.3 is 24.6 Å². The highest BCUT2D eigenvalue weighted by molar-refractivity contribution is 7.80. The predicted octanol–water partition coefficient (Wildman–Crippen LogP) is 4.34. The molecular weight excluding hydrogens is 448 g/mol. The molecule has 0 aliphatic carbocycles. The van der Waals surface area contributed by atoms with Crippen molar-refractivity contribution in [2.75, 3.05) is 13.2 Å². The Kier molecular flexibility index (Phi) is 6.10. The number of carbonyl (C=O) groups is 1. The second-order valence-corrected chi connectivity index (χ2v) is 9.32. The number of nitrogens with zero attached hydrogens (tertiary/aromatic N) is 3. The van der Waals surface area contributed by atoms with E-state index in [-0.39, 0.29) is 23.8 Å². The molecule has 0 bridgehead atoms. The first-order chi connectivity index (χ1) is 16.4. The van der Waals surface area contributed by atoms with Crippen LogP contribution in [0.3, 0.4) is 0 Å². The van der Waals surface area contributed by atoms with E-state index in [1.54, 1.807) is 24.4 Å². The van der Waals surface area contributed by atoms with Crippen LogP contribution in [0.4, 0.5) is 0 Å². The molecule has 4 heterocycles. The van der Waals surface area contributed by atoms with E-state index in [4.69, 9.17) is 17.0 Å². The van der Waals surface area contributed by atoms with Gasteiger partial charge in [0.2, 0.25) is 0 Å². The Morgan fingerprint density at radius 1 is 1.24 bits per heavy atom. The van der Waals surface area contributed by atoms with Gasteiger partial charge in [-0.1, -0.05) is 12.1 Å². The van der Waals surface area contributed by atoms with Crippen LogP contribution in [0.5, 0.6) is 0 Å². The number of carboxylic acid groups (broad SMARTS) is 1. The second kappa shape index (κ2) is 9.19. The molecule has 0 spiro atoms. The minimum atomic E-state index is -0.937. The third-order valence-electron chi connectivity index (χ3n) is 6.76. The number of hydrogen-bond acceptors (Lipinski definition) is 4. The molecule has 7 nitrogen and oxygen atoms in total. The van der Waals surface area contributed by atoms with E-state index in [0.29, 0.717) is 5.11 Å². The van der Waals surface area contributed by atoms with Gasteiger partial charge in [-0.05, 0) is 80.9 Å². The maximum atomic E-state index is 11.6. The Morgan fingerprint density at radius 3 is 2.79 bits per heavy atom. The Morgan fingerprint density at radius 2 is 2.09 bits per heavy atom. The van der Waals surface area contributed by atoms with E-state index >= 15 is 0 Å². The Hall–Kier alpha value is -3.23. The number of pyridine rings is 1. The first-order valence-electron chi connectivity index (χ1n) is 11.6. The molecule has 8 heteroatoms. The molecule has 0 radical (unpaired) electrons. The molecule has 5 rings (SSSR count). The van der Waals surface area contributed by atoms with E-state index in [1.807, 2.05) is 31.2 Å². The number of thiocarbonyl (C=S) groups is 1. The molecule has 1 aromatic carbocycles. The summed E-state index contributed by atoms with van der Waals surface area (Å²) in [6, 6.07) is 15.0. The van der Waals surface area contributed by atoms with Gasteiger partial charge in [-0.25, -0.2) is 4.79 Å². The monoisotopic (exact) mass is 476 g/mol. The smallest absolute Gasteiger partial charge is 0.335 e. The summed E-state index contributed by atoms with van der Waals surface area (Å²) in [4.78, 5) is 18.4. The lowest BCUT2D eigenvalue weighted by atomic mass is 9.96. The van der Waals surface area contributed by atoms with Crippen molar-refractivity contribution in [2.24, 2.45) is 0 Å². The fraction of sp³-hybridized carbons (Fsp3) is 0.346. The van der Waals surface area contributed by atoms with Crippen molar-refractivity contribution in [2.45, 2.75) is 44.9 Å². The number of aromatic nitrogens is 2. The minimum Gasteiger partial charge on any atom is -0.478 e. The highest BCUT2D eigenvalue weighted by atomic mass is 32.1. The van der Waals surface area contributed by atoms with Crippen molar-refractivity contribution in [1.82, 2.24) is 19.8 Å². The number of carboxylic acids is 1. The first kappa shape index (κ1) is 22.6. The van der Waals surface area contributed by atoms with Crippen LogP contribution in [0.15, 0.2) is 54.7 Å². The number of rotatable bonds is 6. The molecule has 3 aromatic rings. The molecule has 2 N–H and O–H groups in total.